The fourth-order valence-corrected chi connectivity index (χ4v) is 4.79. The van der Waals surface area contributed by atoms with Gasteiger partial charge in [0.05, 0.1) is 31.5 Å². The van der Waals surface area contributed by atoms with Gasteiger partial charge in [-0.3, -0.25) is 4.98 Å². The molecule has 35 heavy (non-hydrogen) atoms. The average molecular weight is 485 g/mol. The molecule has 0 spiro atoms. The number of nitrogens with zero attached hydrogens (tertiary/aromatic N) is 3. The second-order valence-electron chi connectivity index (χ2n) is 8.04. The van der Waals surface area contributed by atoms with E-state index in [1.165, 1.54) is 7.11 Å². The molecule has 2 aromatic carbocycles. The topological polar surface area (TPSA) is 68.6 Å². The molecule has 176 valence electrons. The third-order valence-corrected chi connectivity index (χ3v) is 6.39. The highest BCUT2D eigenvalue weighted by Crippen LogP contribution is 2.42. The lowest BCUT2D eigenvalue weighted by Gasteiger charge is -2.29. The molecule has 0 radical (unpaired) electrons. The number of anilines is 1. The molecule has 1 saturated heterocycles. The van der Waals surface area contributed by atoms with E-state index in [1.807, 2.05) is 72.9 Å². The summed E-state index contributed by atoms with van der Waals surface area (Å²) in [5.41, 5.74) is 4.14. The first kappa shape index (κ1) is 22.6. The van der Waals surface area contributed by atoms with Crippen LogP contribution in [0.1, 0.15) is 33.8 Å². The minimum atomic E-state index is -0.379. The van der Waals surface area contributed by atoms with Gasteiger partial charge in [0.25, 0.3) is 0 Å². The number of esters is 1. The summed E-state index contributed by atoms with van der Waals surface area (Å²) in [4.78, 5) is 18.9. The zero-order chi connectivity index (χ0) is 24.4. The predicted octanol–water partition coefficient (Wildman–Crippen LogP) is 4.84. The number of hydrogen-bond acceptors (Lipinski definition) is 5. The molecule has 0 unspecified atom stereocenters. The standard InChI is InChI=1S/C27H24N4O3S/c1-33-21-13-11-19(12-14-21)31-25(24(29-27(31)35)22-9-3-4-15-28-22)23-10-6-16-30(23)20-8-5-7-18(17-20)26(32)34-2/h3-17,24-25H,1-2H3,(H,29,35)/t24-,25-/m0/s1. The first-order valence-corrected chi connectivity index (χ1v) is 11.5. The van der Waals surface area contributed by atoms with Gasteiger partial charge in [0, 0.05) is 29.5 Å². The third kappa shape index (κ3) is 4.24. The zero-order valence-corrected chi connectivity index (χ0v) is 20.1. The lowest BCUT2D eigenvalue weighted by atomic mass is 10.0. The van der Waals surface area contributed by atoms with Gasteiger partial charge in [0.1, 0.15) is 11.8 Å². The average Bonchev–Trinajstić information content (AvgIpc) is 3.53. The van der Waals surface area contributed by atoms with Gasteiger partial charge in [-0.2, -0.15) is 0 Å². The second-order valence-corrected chi connectivity index (χ2v) is 8.43. The molecule has 2 aromatic heterocycles. The molecule has 8 heteroatoms. The summed E-state index contributed by atoms with van der Waals surface area (Å²) < 4.78 is 12.3. The number of hydrogen-bond donors (Lipinski definition) is 1. The van der Waals surface area contributed by atoms with E-state index in [0.717, 1.165) is 28.5 Å². The van der Waals surface area contributed by atoms with Gasteiger partial charge in [0.2, 0.25) is 0 Å². The van der Waals surface area contributed by atoms with Crippen LogP contribution in [-0.4, -0.2) is 34.9 Å². The number of carbonyl (C=O) groups excluding carboxylic acids is 1. The fraction of sp³-hybridized carbons (Fsp3) is 0.148. The van der Waals surface area contributed by atoms with Crippen LogP contribution in [0.25, 0.3) is 5.69 Å². The zero-order valence-electron chi connectivity index (χ0n) is 19.3. The van der Waals surface area contributed by atoms with Crippen molar-refractivity contribution in [2.75, 3.05) is 19.1 Å². The quantitative estimate of drug-likeness (QED) is 0.310. The molecule has 7 nitrogen and oxygen atoms in total. The molecular formula is C27H24N4O3S. The maximum atomic E-state index is 12.2. The number of aromatic nitrogens is 2. The van der Waals surface area contributed by atoms with Crippen molar-refractivity contribution in [2.24, 2.45) is 0 Å². The molecule has 1 aliphatic heterocycles. The Balaban J connectivity index is 1.64. The van der Waals surface area contributed by atoms with Crippen LogP contribution < -0.4 is 15.0 Å². The Morgan fingerprint density at radius 3 is 2.51 bits per heavy atom. The summed E-state index contributed by atoms with van der Waals surface area (Å²) in [7, 11) is 3.03. The maximum Gasteiger partial charge on any atom is 0.337 e. The van der Waals surface area contributed by atoms with Crippen LogP contribution in [0.4, 0.5) is 5.69 Å². The summed E-state index contributed by atoms with van der Waals surface area (Å²) in [5.74, 6) is 0.392. The minimum Gasteiger partial charge on any atom is -0.497 e. The number of benzene rings is 2. The molecule has 5 rings (SSSR count). The Bertz CT molecular complexity index is 1350. The summed E-state index contributed by atoms with van der Waals surface area (Å²) in [5, 5.41) is 4.08. The van der Waals surface area contributed by atoms with Crippen LogP contribution in [0.2, 0.25) is 0 Å². The van der Waals surface area contributed by atoms with Crippen molar-refractivity contribution in [1.82, 2.24) is 14.9 Å². The lowest BCUT2D eigenvalue weighted by molar-refractivity contribution is 0.0600. The largest absolute Gasteiger partial charge is 0.497 e. The Hall–Kier alpha value is -4.17. The highest BCUT2D eigenvalue weighted by atomic mass is 32.1. The molecular weight excluding hydrogens is 460 g/mol. The normalized spacial score (nSPS) is 17.2. The summed E-state index contributed by atoms with van der Waals surface area (Å²) >= 11 is 5.83. The van der Waals surface area contributed by atoms with E-state index in [1.54, 1.807) is 19.4 Å². The van der Waals surface area contributed by atoms with Crippen molar-refractivity contribution in [1.29, 1.82) is 0 Å². The monoisotopic (exact) mass is 484 g/mol. The van der Waals surface area contributed by atoms with Crippen molar-refractivity contribution in [3.63, 3.8) is 0 Å². The number of thiocarbonyl (C=S) groups is 1. The van der Waals surface area contributed by atoms with Crippen LogP contribution >= 0.6 is 12.2 Å². The van der Waals surface area contributed by atoms with E-state index < -0.39 is 0 Å². The highest BCUT2D eigenvalue weighted by Gasteiger charge is 2.42. The molecule has 0 bridgehead atoms. The van der Waals surface area contributed by atoms with Gasteiger partial charge in [0.15, 0.2) is 5.11 Å². The van der Waals surface area contributed by atoms with Crippen molar-refractivity contribution >= 4 is 29.0 Å². The Labute approximate surface area is 208 Å². The molecule has 2 atom stereocenters. The van der Waals surface area contributed by atoms with Gasteiger partial charge in [-0.15, -0.1) is 0 Å². The van der Waals surface area contributed by atoms with Crippen molar-refractivity contribution in [2.45, 2.75) is 12.1 Å². The van der Waals surface area contributed by atoms with E-state index in [9.17, 15) is 4.79 Å². The van der Waals surface area contributed by atoms with E-state index >= 15 is 0 Å². The van der Waals surface area contributed by atoms with Gasteiger partial charge < -0.3 is 24.3 Å². The number of rotatable bonds is 6. The molecule has 0 amide bonds. The molecule has 1 N–H and O–H groups in total. The summed E-state index contributed by atoms with van der Waals surface area (Å²) in [6.45, 7) is 0. The highest BCUT2D eigenvalue weighted by molar-refractivity contribution is 7.80. The fourth-order valence-electron chi connectivity index (χ4n) is 4.45. The predicted molar refractivity (Wildman–Crippen MR) is 138 cm³/mol. The van der Waals surface area contributed by atoms with E-state index in [4.69, 9.17) is 21.7 Å². The number of carbonyl (C=O) groups is 1. The van der Waals surface area contributed by atoms with E-state index in [2.05, 4.69) is 25.8 Å². The molecule has 0 aliphatic carbocycles. The van der Waals surface area contributed by atoms with Gasteiger partial charge >= 0.3 is 5.97 Å². The Kier molecular flexibility index (Phi) is 6.20. The van der Waals surface area contributed by atoms with Crippen molar-refractivity contribution in [3.8, 4) is 11.4 Å². The Morgan fingerprint density at radius 2 is 1.80 bits per heavy atom. The first-order valence-electron chi connectivity index (χ1n) is 11.1. The van der Waals surface area contributed by atoms with Crippen LogP contribution in [0.5, 0.6) is 5.75 Å². The smallest absolute Gasteiger partial charge is 0.337 e. The Morgan fingerprint density at radius 1 is 0.971 bits per heavy atom. The third-order valence-electron chi connectivity index (χ3n) is 6.08. The van der Waals surface area contributed by atoms with Crippen LogP contribution in [-0.2, 0) is 4.74 Å². The molecule has 1 fully saturated rings. The molecule has 3 heterocycles. The number of nitrogens with one attached hydrogen (secondary N) is 1. The lowest BCUT2D eigenvalue weighted by Crippen LogP contribution is -2.30. The molecule has 4 aromatic rings. The van der Waals surface area contributed by atoms with Gasteiger partial charge in [-0.1, -0.05) is 12.1 Å². The van der Waals surface area contributed by atoms with Crippen molar-refractivity contribution in [3.05, 3.63) is 108 Å². The second kappa shape index (κ2) is 9.60. The maximum absolute atomic E-state index is 12.2. The van der Waals surface area contributed by atoms with Crippen LogP contribution in [0.3, 0.4) is 0 Å². The van der Waals surface area contributed by atoms with Gasteiger partial charge in [-0.25, -0.2) is 4.79 Å². The number of pyridine rings is 1. The van der Waals surface area contributed by atoms with Crippen LogP contribution in [0, 0.1) is 0 Å². The summed E-state index contributed by atoms with van der Waals surface area (Å²) in [6.07, 6.45) is 3.76. The molecule has 0 saturated carbocycles. The number of ether oxygens (including phenoxy) is 2. The van der Waals surface area contributed by atoms with Gasteiger partial charge in [-0.05, 0) is 78.9 Å². The van der Waals surface area contributed by atoms with Crippen LogP contribution in [0.15, 0.2) is 91.3 Å². The molecule has 1 aliphatic rings. The van der Waals surface area contributed by atoms with Crippen molar-refractivity contribution < 1.29 is 14.3 Å². The SMILES string of the molecule is COC(=O)c1cccc(-n2cccc2[C@H]2[C@H](c3ccccn3)NC(=S)N2c2ccc(OC)cc2)c1. The first-order chi connectivity index (χ1) is 17.1. The minimum absolute atomic E-state index is 0.191. The summed E-state index contributed by atoms with van der Waals surface area (Å²) in [6, 6.07) is 24.7. The number of methoxy groups -OCH3 is 2. The van der Waals surface area contributed by atoms with E-state index in [-0.39, 0.29) is 18.1 Å². The van der Waals surface area contributed by atoms with E-state index in [0.29, 0.717) is 10.7 Å².